The predicted molar refractivity (Wildman–Crippen MR) is 97.7 cm³/mol. The molecule has 0 bridgehead atoms. The molecule has 130 valence electrons. The first-order valence-corrected chi connectivity index (χ1v) is 9.99. The van der Waals surface area contributed by atoms with Gasteiger partial charge in [-0.2, -0.15) is 5.10 Å². The Kier molecular flexibility index (Phi) is 4.67. The normalized spacial score (nSPS) is 17.5. The van der Waals surface area contributed by atoms with Crippen molar-refractivity contribution in [3.8, 4) is 0 Å². The molecule has 0 saturated carbocycles. The number of sulfone groups is 1. The molecule has 1 heterocycles. The Morgan fingerprint density at radius 3 is 2.28 bits per heavy atom. The largest absolute Gasteiger partial charge is 0.273 e. The van der Waals surface area contributed by atoms with Crippen molar-refractivity contribution in [2.45, 2.75) is 11.8 Å². The second-order valence-electron chi connectivity index (χ2n) is 6.08. The van der Waals surface area contributed by atoms with E-state index in [0.29, 0.717) is 17.1 Å². The van der Waals surface area contributed by atoms with Crippen molar-refractivity contribution in [2.24, 2.45) is 11.0 Å². The van der Waals surface area contributed by atoms with Gasteiger partial charge in [-0.05, 0) is 42.0 Å². The van der Waals surface area contributed by atoms with Crippen LogP contribution in [0.25, 0.3) is 0 Å². The van der Waals surface area contributed by atoms with E-state index >= 15 is 0 Å². The summed E-state index contributed by atoms with van der Waals surface area (Å²) in [6.45, 7) is 2.46. The van der Waals surface area contributed by atoms with E-state index in [9.17, 15) is 13.2 Å². The first-order chi connectivity index (χ1) is 11.8. The van der Waals surface area contributed by atoms with Crippen LogP contribution in [0.15, 0.2) is 58.5 Å². The fourth-order valence-corrected chi connectivity index (χ4v) is 3.46. The zero-order chi connectivity index (χ0) is 18.2. The second kappa shape index (κ2) is 6.61. The highest BCUT2D eigenvalue weighted by molar-refractivity contribution is 7.90. The summed E-state index contributed by atoms with van der Waals surface area (Å²) in [6, 6.07) is 13.2. The number of hydrazone groups is 1. The summed E-state index contributed by atoms with van der Waals surface area (Å²) in [5, 5.41) is 6.46. The number of hydrogen-bond acceptors (Lipinski definition) is 4. The van der Waals surface area contributed by atoms with E-state index in [4.69, 9.17) is 11.6 Å². The zero-order valence-corrected chi connectivity index (χ0v) is 15.4. The number of halogens is 1. The highest BCUT2D eigenvalue weighted by Gasteiger charge is 2.28. The summed E-state index contributed by atoms with van der Waals surface area (Å²) in [6.07, 6.45) is 1.17. The van der Waals surface area contributed by atoms with Crippen LogP contribution in [0.5, 0.6) is 0 Å². The molecule has 7 heteroatoms. The molecular weight excluding hydrogens is 360 g/mol. The molecule has 0 saturated heterocycles. The third-order valence-corrected chi connectivity index (χ3v) is 5.43. The van der Waals surface area contributed by atoms with Gasteiger partial charge in [-0.1, -0.05) is 30.7 Å². The molecule has 3 rings (SSSR count). The molecule has 0 radical (unpaired) electrons. The van der Waals surface area contributed by atoms with Crippen molar-refractivity contribution in [1.29, 1.82) is 0 Å². The van der Waals surface area contributed by atoms with Gasteiger partial charge in [-0.15, -0.1) is 0 Å². The quantitative estimate of drug-likeness (QED) is 0.825. The Balaban J connectivity index is 1.86. The number of amides is 1. The Hall–Kier alpha value is -2.18. The first kappa shape index (κ1) is 17.6. The molecule has 2 aromatic rings. The second-order valence-corrected chi connectivity index (χ2v) is 8.53. The fourth-order valence-electron chi connectivity index (χ4n) is 2.70. The monoisotopic (exact) mass is 376 g/mol. The van der Waals surface area contributed by atoms with Crippen molar-refractivity contribution in [3.63, 3.8) is 0 Å². The molecule has 25 heavy (non-hydrogen) atoms. The lowest BCUT2D eigenvalue weighted by molar-refractivity contribution is 0.0769. The van der Waals surface area contributed by atoms with Crippen LogP contribution in [0.4, 0.5) is 0 Å². The van der Waals surface area contributed by atoms with Crippen LogP contribution >= 0.6 is 11.6 Å². The van der Waals surface area contributed by atoms with Crippen LogP contribution in [-0.4, -0.2) is 37.8 Å². The molecule has 0 N–H and O–H groups in total. The Bertz CT molecular complexity index is 935. The topological polar surface area (TPSA) is 66.8 Å². The fraction of sp³-hybridized carbons (Fsp3) is 0.222. The minimum absolute atomic E-state index is 0.0559. The summed E-state index contributed by atoms with van der Waals surface area (Å²) >= 11 is 5.85. The number of carbonyl (C=O) groups is 1. The average molecular weight is 377 g/mol. The number of hydrogen-bond donors (Lipinski definition) is 0. The molecule has 0 aromatic heterocycles. The van der Waals surface area contributed by atoms with E-state index in [0.717, 1.165) is 11.3 Å². The highest BCUT2D eigenvalue weighted by Crippen LogP contribution is 2.23. The van der Waals surface area contributed by atoms with Gasteiger partial charge in [0.2, 0.25) is 0 Å². The zero-order valence-electron chi connectivity index (χ0n) is 13.8. The van der Waals surface area contributed by atoms with Crippen molar-refractivity contribution in [1.82, 2.24) is 5.01 Å². The van der Waals surface area contributed by atoms with E-state index in [1.54, 1.807) is 48.5 Å². The summed E-state index contributed by atoms with van der Waals surface area (Å²) in [5.74, 6) is -0.133. The van der Waals surface area contributed by atoms with E-state index in [2.05, 4.69) is 5.10 Å². The van der Waals surface area contributed by atoms with Crippen molar-refractivity contribution < 1.29 is 13.2 Å². The van der Waals surface area contributed by atoms with E-state index in [1.807, 2.05) is 6.92 Å². The van der Waals surface area contributed by atoms with Gasteiger partial charge in [0.15, 0.2) is 9.84 Å². The van der Waals surface area contributed by atoms with Gasteiger partial charge in [0.1, 0.15) is 0 Å². The summed E-state index contributed by atoms with van der Waals surface area (Å²) in [5.41, 5.74) is 2.10. The molecule has 0 aliphatic carbocycles. The summed E-state index contributed by atoms with van der Waals surface area (Å²) in [4.78, 5) is 12.8. The van der Waals surface area contributed by atoms with E-state index in [1.165, 1.54) is 11.3 Å². The summed E-state index contributed by atoms with van der Waals surface area (Å²) in [7, 11) is -3.24. The molecular formula is C18H17ClN2O3S. The van der Waals surface area contributed by atoms with Gasteiger partial charge in [0, 0.05) is 22.8 Å². The lowest BCUT2D eigenvalue weighted by Crippen LogP contribution is -2.25. The number of carbonyl (C=O) groups excluding carboxylic acids is 1. The lowest BCUT2D eigenvalue weighted by atomic mass is 9.99. The van der Waals surface area contributed by atoms with Crippen LogP contribution in [0.3, 0.4) is 0 Å². The van der Waals surface area contributed by atoms with E-state index < -0.39 is 9.84 Å². The van der Waals surface area contributed by atoms with Crippen LogP contribution in [0.1, 0.15) is 22.8 Å². The van der Waals surface area contributed by atoms with Gasteiger partial charge in [-0.25, -0.2) is 13.4 Å². The maximum Gasteiger partial charge on any atom is 0.273 e. The van der Waals surface area contributed by atoms with Gasteiger partial charge < -0.3 is 0 Å². The SMILES string of the molecule is CC1CN(C(=O)c2ccc(Cl)cc2)N=C1c1ccc(S(C)(=O)=O)cc1. The smallest absolute Gasteiger partial charge is 0.267 e. The Morgan fingerprint density at radius 1 is 1.12 bits per heavy atom. The first-order valence-electron chi connectivity index (χ1n) is 7.72. The van der Waals surface area contributed by atoms with E-state index in [-0.39, 0.29) is 16.7 Å². The van der Waals surface area contributed by atoms with Gasteiger partial charge in [0.25, 0.3) is 5.91 Å². The Morgan fingerprint density at radius 2 is 1.72 bits per heavy atom. The van der Waals surface area contributed by atoms with Gasteiger partial charge in [-0.3, -0.25) is 4.79 Å². The molecule has 2 aromatic carbocycles. The number of benzene rings is 2. The summed E-state index contributed by atoms with van der Waals surface area (Å²) < 4.78 is 23.1. The molecule has 1 amide bonds. The third kappa shape index (κ3) is 3.75. The van der Waals surface area contributed by atoms with Crippen molar-refractivity contribution in [2.75, 3.05) is 12.8 Å². The molecule has 5 nitrogen and oxygen atoms in total. The average Bonchev–Trinajstić information content (AvgIpc) is 2.96. The minimum atomic E-state index is -3.24. The molecule has 0 fully saturated rings. The molecule has 1 atom stereocenters. The van der Waals surface area contributed by atoms with Crippen molar-refractivity contribution >= 4 is 33.1 Å². The number of rotatable bonds is 3. The van der Waals surface area contributed by atoms with Crippen molar-refractivity contribution in [3.05, 3.63) is 64.7 Å². The van der Waals surface area contributed by atoms with Crippen LogP contribution in [-0.2, 0) is 9.84 Å². The molecule has 1 unspecified atom stereocenters. The standard InChI is InChI=1S/C18H17ClN2O3S/c1-12-11-21(18(22)14-3-7-15(19)8-4-14)20-17(12)13-5-9-16(10-6-13)25(2,23)24/h3-10,12H,11H2,1-2H3. The van der Waals surface area contributed by atoms with Crippen LogP contribution < -0.4 is 0 Å². The molecule has 1 aliphatic rings. The minimum Gasteiger partial charge on any atom is -0.267 e. The van der Waals surface area contributed by atoms with Gasteiger partial charge in [0.05, 0.1) is 17.2 Å². The predicted octanol–water partition coefficient (Wildman–Crippen LogP) is 3.24. The van der Waals surface area contributed by atoms with Gasteiger partial charge >= 0.3 is 0 Å². The highest BCUT2D eigenvalue weighted by atomic mass is 35.5. The Labute approximate surface area is 151 Å². The maximum atomic E-state index is 12.6. The van der Waals surface area contributed by atoms with Crippen LogP contribution in [0, 0.1) is 5.92 Å². The molecule has 0 spiro atoms. The number of nitrogens with zero attached hydrogens (tertiary/aromatic N) is 2. The maximum absolute atomic E-state index is 12.6. The third-order valence-electron chi connectivity index (χ3n) is 4.05. The van der Waals surface area contributed by atoms with Crippen LogP contribution in [0.2, 0.25) is 5.02 Å². The molecule has 1 aliphatic heterocycles. The lowest BCUT2D eigenvalue weighted by Gasteiger charge is -2.12.